The van der Waals surface area contributed by atoms with Crippen LogP contribution in [0.4, 0.5) is 0 Å². The van der Waals surface area contributed by atoms with Gasteiger partial charge in [0.25, 0.3) is 0 Å². The Morgan fingerprint density at radius 3 is 1.90 bits per heavy atom. The van der Waals surface area contributed by atoms with Crippen molar-refractivity contribution in [2.75, 3.05) is 0 Å². The molecule has 146 valence electrons. The number of aryl methyl sites for hydroxylation is 1. The molecule has 0 aliphatic carbocycles. The van der Waals surface area contributed by atoms with Gasteiger partial charge in [0.2, 0.25) is 0 Å². The molecular formula is C29H20N2. The zero-order valence-corrected chi connectivity index (χ0v) is 17.2. The smallest absolute Gasteiger partial charge is 0.0785 e. The summed E-state index contributed by atoms with van der Waals surface area (Å²) in [5.41, 5.74) is 6.25. The van der Waals surface area contributed by atoms with Crippen molar-refractivity contribution >= 4 is 54.4 Å². The van der Waals surface area contributed by atoms with Crippen molar-refractivity contribution in [3.8, 4) is 5.69 Å². The molecule has 0 bridgehead atoms. The van der Waals surface area contributed by atoms with Crippen LogP contribution in [0.25, 0.3) is 60.1 Å². The third-order valence-electron chi connectivity index (χ3n) is 6.69. The number of hydrogen-bond donors (Lipinski definition) is 0. The van der Waals surface area contributed by atoms with Gasteiger partial charge >= 0.3 is 0 Å². The van der Waals surface area contributed by atoms with Gasteiger partial charge in [0.1, 0.15) is 0 Å². The van der Waals surface area contributed by atoms with Gasteiger partial charge in [-0.2, -0.15) is 0 Å². The van der Waals surface area contributed by atoms with Gasteiger partial charge in [-0.25, -0.2) is 0 Å². The molecule has 0 amide bonds. The van der Waals surface area contributed by atoms with Crippen molar-refractivity contribution in [3.63, 3.8) is 0 Å². The Labute approximate surface area is 179 Å². The van der Waals surface area contributed by atoms with Crippen molar-refractivity contribution in [2.24, 2.45) is 7.05 Å². The largest absolute Gasteiger partial charge is 0.342 e. The second kappa shape index (κ2) is 5.99. The molecule has 7 aromatic rings. The zero-order chi connectivity index (χ0) is 20.5. The Kier molecular flexibility index (Phi) is 3.23. The number of aromatic nitrogens is 2. The van der Waals surface area contributed by atoms with E-state index >= 15 is 0 Å². The minimum absolute atomic E-state index is 1.20. The molecule has 2 heterocycles. The van der Waals surface area contributed by atoms with Crippen LogP contribution in [0.15, 0.2) is 103 Å². The van der Waals surface area contributed by atoms with E-state index in [0.29, 0.717) is 0 Å². The molecule has 5 aromatic carbocycles. The molecule has 0 aliphatic rings. The highest BCUT2D eigenvalue weighted by Crippen LogP contribution is 2.40. The van der Waals surface area contributed by atoms with Crippen LogP contribution < -0.4 is 0 Å². The second-order valence-corrected chi connectivity index (χ2v) is 8.32. The van der Waals surface area contributed by atoms with Gasteiger partial charge in [-0.05, 0) is 35.0 Å². The van der Waals surface area contributed by atoms with Gasteiger partial charge in [-0.3, -0.25) is 0 Å². The van der Waals surface area contributed by atoms with Gasteiger partial charge in [0, 0.05) is 39.8 Å². The monoisotopic (exact) mass is 396 g/mol. The fraction of sp³-hybridized carbons (Fsp3) is 0.0345. The highest BCUT2D eigenvalue weighted by atomic mass is 15.0. The predicted molar refractivity (Wildman–Crippen MR) is 132 cm³/mol. The molecule has 0 radical (unpaired) electrons. The first-order chi connectivity index (χ1) is 15.3. The minimum atomic E-state index is 1.20. The maximum absolute atomic E-state index is 2.44. The first-order valence-electron chi connectivity index (χ1n) is 10.7. The maximum atomic E-state index is 2.44. The molecular weight excluding hydrogens is 376 g/mol. The normalized spacial score (nSPS) is 12.0. The van der Waals surface area contributed by atoms with Crippen molar-refractivity contribution in [2.45, 2.75) is 0 Å². The Morgan fingerprint density at radius 2 is 1.10 bits per heavy atom. The molecule has 2 nitrogen and oxygen atoms in total. The predicted octanol–water partition coefficient (Wildman–Crippen LogP) is 7.58. The summed E-state index contributed by atoms with van der Waals surface area (Å²) in [6, 6.07) is 37.4. The van der Waals surface area contributed by atoms with Gasteiger partial charge < -0.3 is 9.13 Å². The molecule has 0 fully saturated rings. The van der Waals surface area contributed by atoms with Crippen molar-refractivity contribution in [3.05, 3.63) is 103 Å². The molecule has 2 heteroatoms. The van der Waals surface area contributed by atoms with Gasteiger partial charge in [0.05, 0.1) is 16.6 Å². The number of rotatable bonds is 1. The molecule has 2 aromatic heterocycles. The SMILES string of the molecule is Cn1c2ccccc2c2ccc3c4ccccc4n(-c4ccc5ccccc5c4)c3c21. The van der Waals surface area contributed by atoms with Crippen LogP contribution in [-0.2, 0) is 7.05 Å². The van der Waals surface area contributed by atoms with Crippen LogP contribution in [0, 0.1) is 0 Å². The van der Waals surface area contributed by atoms with Gasteiger partial charge in [-0.1, -0.05) is 78.9 Å². The average Bonchev–Trinajstić information content (AvgIpc) is 3.31. The van der Waals surface area contributed by atoms with Crippen LogP contribution in [-0.4, -0.2) is 9.13 Å². The molecule has 31 heavy (non-hydrogen) atoms. The van der Waals surface area contributed by atoms with Gasteiger partial charge in [-0.15, -0.1) is 0 Å². The lowest BCUT2D eigenvalue weighted by molar-refractivity contribution is 1.01. The van der Waals surface area contributed by atoms with Crippen molar-refractivity contribution in [1.82, 2.24) is 9.13 Å². The van der Waals surface area contributed by atoms with E-state index in [1.54, 1.807) is 0 Å². The van der Waals surface area contributed by atoms with Crippen LogP contribution in [0.1, 0.15) is 0 Å². The fourth-order valence-electron chi connectivity index (χ4n) is 5.30. The Hall–Kier alpha value is -4.04. The van der Waals surface area contributed by atoms with E-state index in [2.05, 4.69) is 119 Å². The zero-order valence-electron chi connectivity index (χ0n) is 17.2. The summed E-state index contributed by atoms with van der Waals surface area (Å²) in [5, 5.41) is 7.71. The first kappa shape index (κ1) is 16.7. The lowest BCUT2D eigenvalue weighted by Gasteiger charge is -2.11. The topological polar surface area (TPSA) is 9.86 Å². The molecule has 7 rings (SSSR count). The Morgan fingerprint density at radius 1 is 0.484 bits per heavy atom. The van der Waals surface area contributed by atoms with Crippen LogP contribution in [0.2, 0.25) is 0 Å². The van der Waals surface area contributed by atoms with Crippen molar-refractivity contribution in [1.29, 1.82) is 0 Å². The van der Waals surface area contributed by atoms with Crippen LogP contribution >= 0.6 is 0 Å². The number of para-hydroxylation sites is 2. The molecule has 0 unspecified atom stereocenters. The molecule has 0 aliphatic heterocycles. The number of hydrogen-bond acceptors (Lipinski definition) is 0. The highest BCUT2D eigenvalue weighted by molar-refractivity contribution is 6.23. The summed E-state index contributed by atoms with van der Waals surface area (Å²) >= 11 is 0. The number of nitrogens with zero attached hydrogens (tertiary/aromatic N) is 2. The average molecular weight is 396 g/mol. The number of benzene rings is 5. The van der Waals surface area contributed by atoms with E-state index in [0.717, 1.165) is 0 Å². The van der Waals surface area contributed by atoms with E-state index in [-0.39, 0.29) is 0 Å². The molecule has 0 atom stereocenters. The second-order valence-electron chi connectivity index (χ2n) is 8.32. The maximum Gasteiger partial charge on any atom is 0.0785 e. The Bertz CT molecular complexity index is 1800. The molecule has 0 saturated carbocycles. The van der Waals surface area contributed by atoms with Crippen LogP contribution in [0.5, 0.6) is 0 Å². The number of fused-ring (bicyclic) bond motifs is 8. The van der Waals surface area contributed by atoms with E-state index in [9.17, 15) is 0 Å². The Balaban J connectivity index is 1.74. The summed E-state index contributed by atoms with van der Waals surface area (Å²) in [5.74, 6) is 0. The minimum Gasteiger partial charge on any atom is -0.342 e. The van der Waals surface area contributed by atoms with E-state index in [4.69, 9.17) is 0 Å². The lowest BCUT2D eigenvalue weighted by Crippen LogP contribution is -1.96. The molecule has 0 spiro atoms. The molecule has 0 saturated heterocycles. The van der Waals surface area contributed by atoms with E-state index in [1.165, 1.54) is 60.1 Å². The highest BCUT2D eigenvalue weighted by Gasteiger charge is 2.18. The van der Waals surface area contributed by atoms with E-state index < -0.39 is 0 Å². The van der Waals surface area contributed by atoms with Crippen molar-refractivity contribution < 1.29 is 0 Å². The standard InChI is InChI=1S/C29H20N2/c1-30-26-12-6-4-10-22(26)24-16-17-25-23-11-5-7-13-27(23)31(29(25)28(24)30)21-15-14-19-8-2-3-9-20(19)18-21/h2-18H,1H3. The lowest BCUT2D eigenvalue weighted by atomic mass is 10.1. The molecule has 0 N–H and O–H groups in total. The van der Waals surface area contributed by atoms with Crippen LogP contribution in [0.3, 0.4) is 0 Å². The fourth-order valence-corrected chi connectivity index (χ4v) is 5.30. The summed E-state index contributed by atoms with van der Waals surface area (Å²) < 4.78 is 4.79. The first-order valence-corrected chi connectivity index (χ1v) is 10.7. The summed E-state index contributed by atoms with van der Waals surface area (Å²) in [6.07, 6.45) is 0. The quantitative estimate of drug-likeness (QED) is 0.271. The third kappa shape index (κ3) is 2.17. The third-order valence-corrected chi connectivity index (χ3v) is 6.69. The summed E-state index contributed by atoms with van der Waals surface area (Å²) in [6.45, 7) is 0. The summed E-state index contributed by atoms with van der Waals surface area (Å²) in [7, 11) is 2.19. The van der Waals surface area contributed by atoms with Gasteiger partial charge in [0.15, 0.2) is 0 Å². The van der Waals surface area contributed by atoms with E-state index in [1.807, 2.05) is 0 Å². The summed E-state index contributed by atoms with van der Waals surface area (Å²) in [4.78, 5) is 0.